The monoisotopic (exact) mass is 220 g/mol. The van der Waals surface area contributed by atoms with Gasteiger partial charge in [0.1, 0.15) is 0 Å². The summed E-state index contributed by atoms with van der Waals surface area (Å²) < 4.78 is 4.75. The molecule has 0 spiro atoms. The number of hydrogen-bond acceptors (Lipinski definition) is 4. The molecule has 1 amide bonds. The number of nitriles is 1. The zero-order chi connectivity index (χ0) is 11.8. The normalized spacial score (nSPS) is 9.50. The largest absolute Gasteiger partial charge is 0.382 e. The molecule has 0 unspecified atom stereocenters. The van der Waals surface area contributed by atoms with Gasteiger partial charge in [0.05, 0.1) is 24.8 Å². The molecule has 0 aliphatic carbocycles. The lowest BCUT2D eigenvalue weighted by molar-refractivity contribution is 0.00889. The van der Waals surface area contributed by atoms with Crippen LogP contribution < -0.4 is 5.48 Å². The zero-order valence-corrected chi connectivity index (χ0v) is 8.90. The van der Waals surface area contributed by atoms with E-state index in [0.717, 1.165) is 0 Å². The van der Waals surface area contributed by atoms with E-state index in [1.807, 2.05) is 6.07 Å². The summed E-state index contributed by atoms with van der Waals surface area (Å²) in [5.74, 6) is -0.347. The van der Waals surface area contributed by atoms with E-state index >= 15 is 0 Å². The summed E-state index contributed by atoms with van der Waals surface area (Å²) in [4.78, 5) is 16.3. The van der Waals surface area contributed by atoms with Gasteiger partial charge in [0, 0.05) is 12.7 Å². The van der Waals surface area contributed by atoms with Crippen LogP contribution >= 0.6 is 0 Å². The lowest BCUT2D eigenvalue weighted by Crippen LogP contribution is -2.25. The molecule has 0 heterocycles. The van der Waals surface area contributed by atoms with Crippen LogP contribution in [0.4, 0.5) is 0 Å². The summed E-state index contributed by atoms with van der Waals surface area (Å²) in [5, 5.41) is 8.58. The standard InChI is InChI=1S/C11H12N2O3/c1-15-6-7-16-13-11(14)10-4-2-9(8-12)3-5-10/h2-5H,6-7H2,1H3,(H,13,14). The summed E-state index contributed by atoms with van der Waals surface area (Å²) in [7, 11) is 1.55. The molecule has 0 atom stereocenters. The lowest BCUT2D eigenvalue weighted by atomic mass is 10.1. The van der Waals surface area contributed by atoms with Gasteiger partial charge in [-0.2, -0.15) is 5.26 Å². The molecule has 0 saturated carbocycles. The third kappa shape index (κ3) is 3.69. The molecular formula is C11H12N2O3. The molecule has 0 bridgehead atoms. The van der Waals surface area contributed by atoms with Crippen molar-refractivity contribution in [2.24, 2.45) is 0 Å². The highest BCUT2D eigenvalue weighted by Gasteiger charge is 2.04. The van der Waals surface area contributed by atoms with Gasteiger partial charge in [-0.1, -0.05) is 0 Å². The maximum Gasteiger partial charge on any atom is 0.274 e. The average molecular weight is 220 g/mol. The van der Waals surface area contributed by atoms with Crippen LogP contribution in [-0.2, 0) is 9.57 Å². The Morgan fingerprint density at radius 3 is 2.62 bits per heavy atom. The van der Waals surface area contributed by atoms with Crippen LogP contribution in [-0.4, -0.2) is 26.2 Å². The molecule has 5 nitrogen and oxygen atoms in total. The van der Waals surface area contributed by atoms with Crippen molar-refractivity contribution in [1.29, 1.82) is 5.26 Å². The molecule has 1 N–H and O–H groups in total. The number of nitrogens with one attached hydrogen (secondary N) is 1. The number of benzene rings is 1. The van der Waals surface area contributed by atoms with E-state index in [2.05, 4.69) is 5.48 Å². The Kier molecular flexibility index (Phi) is 4.99. The fraction of sp³-hybridized carbons (Fsp3) is 0.273. The molecule has 1 aromatic carbocycles. The van der Waals surface area contributed by atoms with Gasteiger partial charge in [-0.15, -0.1) is 0 Å². The third-order valence-corrected chi connectivity index (χ3v) is 1.83. The fourth-order valence-corrected chi connectivity index (χ4v) is 0.997. The first kappa shape index (κ1) is 12.2. The van der Waals surface area contributed by atoms with E-state index in [-0.39, 0.29) is 5.91 Å². The Hall–Kier alpha value is -1.90. The zero-order valence-electron chi connectivity index (χ0n) is 8.90. The van der Waals surface area contributed by atoms with Crippen molar-refractivity contribution >= 4 is 5.91 Å². The van der Waals surface area contributed by atoms with Gasteiger partial charge in [0.2, 0.25) is 0 Å². The topological polar surface area (TPSA) is 71.3 Å². The van der Waals surface area contributed by atoms with Crippen molar-refractivity contribution in [3.63, 3.8) is 0 Å². The Bertz CT molecular complexity index is 381. The minimum atomic E-state index is -0.347. The predicted octanol–water partition coefficient (Wildman–Crippen LogP) is 0.866. The number of nitrogens with zero attached hydrogens (tertiary/aromatic N) is 1. The summed E-state index contributed by atoms with van der Waals surface area (Å²) in [5.41, 5.74) is 3.22. The molecule has 0 saturated heterocycles. The maximum atomic E-state index is 11.4. The van der Waals surface area contributed by atoms with Crippen LogP contribution in [0, 0.1) is 11.3 Å². The van der Waals surface area contributed by atoms with Gasteiger partial charge in [-0.3, -0.25) is 9.63 Å². The molecule has 1 aromatic rings. The quantitative estimate of drug-likeness (QED) is 0.590. The number of carbonyl (C=O) groups excluding carboxylic acids is 1. The highest BCUT2D eigenvalue weighted by Crippen LogP contribution is 2.02. The molecule has 84 valence electrons. The van der Waals surface area contributed by atoms with Gasteiger partial charge in [-0.25, -0.2) is 5.48 Å². The van der Waals surface area contributed by atoms with Gasteiger partial charge in [-0.05, 0) is 24.3 Å². The molecule has 1 rings (SSSR count). The SMILES string of the molecule is COCCONC(=O)c1ccc(C#N)cc1. The van der Waals surface area contributed by atoms with Crippen LogP contribution in [0.25, 0.3) is 0 Å². The van der Waals surface area contributed by atoms with E-state index in [1.54, 1.807) is 31.4 Å². The van der Waals surface area contributed by atoms with Crippen LogP contribution in [0.15, 0.2) is 24.3 Å². The van der Waals surface area contributed by atoms with E-state index < -0.39 is 0 Å². The van der Waals surface area contributed by atoms with Crippen molar-refractivity contribution in [3.05, 3.63) is 35.4 Å². The average Bonchev–Trinajstić information content (AvgIpc) is 2.34. The van der Waals surface area contributed by atoms with Crippen LogP contribution in [0.1, 0.15) is 15.9 Å². The second-order valence-corrected chi connectivity index (χ2v) is 2.96. The molecule has 0 aromatic heterocycles. The molecule has 0 radical (unpaired) electrons. The van der Waals surface area contributed by atoms with Crippen molar-refractivity contribution in [3.8, 4) is 6.07 Å². The molecule has 5 heteroatoms. The van der Waals surface area contributed by atoms with Crippen LogP contribution in [0.5, 0.6) is 0 Å². The predicted molar refractivity (Wildman–Crippen MR) is 56.5 cm³/mol. The molecule has 0 aliphatic heterocycles. The van der Waals surface area contributed by atoms with Crippen molar-refractivity contribution in [2.75, 3.05) is 20.3 Å². The molecular weight excluding hydrogens is 208 g/mol. The van der Waals surface area contributed by atoms with Crippen LogP contribution in [0.2, 0.25) is 0 Å². The molecule has 0 fully saturated rings. The Balaban J connectivity index is 2.44. The Labute approximate surface area is 93.5 Å². The summed E-state index contributed by atoms with van der Waals surface area (Å²) in [6.07, 6.45) is 0. The fourth-order valence-electron chi connectivity index (χ4n) is 0.997. The minimum Gasteiger partial charge on any atom is -0.382 e. The maximum absolute atomic E-state index is 11.4. The number of hydroxylamine groups is 1. The molecule has 0 aliphatic rings. The highest BCUT2D eigenvalue weighted by molar-refractivity contribution is 5.93. The van der Waals surface area contributed by atoms with Crippen LogP contribution in [0.3, 0.4) is 0 Å². The lowest BCUT2D eigenvalue weighted by Gasteiger charge is -2.05. The molecule has 16 heavy (non-hydrogen) atoms. The summed E-state index contributed by atoms with van der Waals surface area (Å²) in [6, 6.07) is 8.25. The number of carbonyl (C=O) groups is 1. The number of rotatable bonds is 5. The Morgan fingerprint density at radius 2 is 2.06 bits per heavy atom. The van der Waals surface area contributed by atoms with Gasteiger partial charge in [0.15, 0.2) is 0 Å². The highest BCUT2D eigenvalue weighted by atomic mass is 16.7. The van der Waals surface area contributed by atoms with E-state index in [4.69, 9.17) is 14.8 Å². The number of amides is 1. The second-order valence-electron chi connectivity index (χ2n) is 2.96. The van der Waals surface area contributed by atoms with Crippen molar-refractivity contribution < 1.29 is 14.4 Å². The second kappa shape index (κ2) is 6.56. The first-order valence-corrected chi connectivity index (χ1v) is 4.69. The van der Waals surface area contributed by atoms with Gasteiger partial charge < -0.3 is 4.74 Å². The van der Waals surface area contributed by atoms with Gasteiger partial charge in [0.25, 0.3) is 5.91 Å². The smallest absolute Gasteiger partial charge is 0.274 e. The van der Waals surface area contributed by atoms with E-state index in [0.29, 0.717) is 24.3 Å². The van der Waals surface area contributed by atoms with E-state index in [1.165, 1.54) is 0 Å². The minimum absolute atomic E-state index is 0.290. The van der Waals surface area contributed by atoms with Gasteiger partial charge >= 0.3 is 0 Å². The third-order valence-electron chi connectivity index (χ3n) is 1.83. The number of ether oxygens (including phenoxy) is 1. The number of hydrogen-bond donors (Lipinski definition) is 1. The van der Waals surface area contributed by atoms with Crippen molar-refractivity contribution in [2.45, 2.75) is 0 Å². The Morgan fingerprint density at radius 1 is 1.38 bits per heavy atom. The van der Waals surface area contributed by atoms with Crippen molar-refractivity contribution in [1.82, 2.24) is 5.48 Å². The first-order valence-electron chi connectivity index (χ1n) is 4.69. The number of methoxy groups -OCH3 is 1. The first-order chi connectivity index (χ1) is 7.77. The summed E-state index contributed by atoms with van der Waals surface area (Å²) >= 11 is 0. The summed E-state index contributed by atoms with van der Waals surface area (Å²) in [6.45, 7) is 0.701. The van der Waals surface area contributed by atoms with E-state index in [9.17, 15) is 4.79 Å².